The summed E-state index contributed by atoms with van der Waals surface area (Å²) in [6.45, 7) is 0.887. The van der Waals surface area contributed by atoms with Crippen molar-refractivity contribution in [1.29, 1.82) is 0 Å². The summed E-state index contributed by atoms with van der Waals surface area (Å²) in [4.78, 5) is 22.3. The molecule has 0 aliphatic rings. The molecule has 0 aliphatic carbocycles. The van der Waals surface area contributed by atoms with E-state index in [9.17, 15) is 9.59 Å². The van der Waals surface area contributed by atoms with E-state index in [1.54, 1.807) is 0 Å². The molecule has 0 saturated carbocycles. The van der Waals surface area contributed by atoms with Crippen molar-refractivity contribution in [3.63, 3.8) is 0 Å². The third-order valence-corrected chi connectivity index (χ3v) is 2.69. The Morgan fingerprint density at radius 2 is 2.00 bits per heavy atom. The van der Waals surface area contributed by atoms with Crippen molar-refractivity contribution in [2.24, 2.45) is 0 Å². The summed E-state index contributed by atoms with van der Waals surface area (Å²) in [7, 11) is 0. The summed E-state index contributed by atoms with van der Waals surface area (Å²) >= 11 is 0. The fraction of sp³-hybridized carbons (Fsp3) is 0.200. The molecular formula is C15H15NO5. The van der Waals surface area contributed by atoms with Gasteiger partial charge >= 0.3 is 5.97 Å². The van der Waals surface area contributed by atoms with E-state index in [0.717, 1.165) is 12.0 Å². The van der Waals surface area contributed by atoms with Crippen LogP contribution in [0.1, 0.15) is 27.3 Å². The Kier molecular flexibility index (Phi) is 4.98. The minimum Gasteiger partial charge on any atom is -0.494 e. The predicted octanol–water partition coefficient (Wildman–Crippen LogP) is 2.18. The van der Waals surface area contributed by atoms with Crippen molar-refractivity contribution < 1.29 is 23.8 Å². The molecule has 2 aromatic rings. The van der Waals surface area contributed by atoms with Crippen molar-refractivity contribution in [2.45, 2.75) is 6.42 Å². The molecule has 6 nitrogen and oxygen atoms in total. The van der Waals surface area contributed by atoms with Crippen LogP contribution in [-0.2, 0) is 0 Å². The second-order valence-corrected chi connectivity index (χ2v) is 4.28. The second-order valence-electron chi connectivity index (χ2n) is 4.28. The van der Waals surface area contributed by atoms with Gasteiger partial charge in [-0.3, -0.25) is 4.79 Å². The molecule has 0 bridgehead atoms. The maximum atomic E-state index is 11.7. The van der Waals surface area contributed by atoms with Gasteiger partial charge in [-0.1, -0.05) is 18.2 Å². The largest absolute Gasteiger partial charge is 0.494 e. The molecule has 0 saturated heterocycles. The quantitative estimate of drug-likeness (QED) is 0.763. The summed E-state index contributed by atoms with van der Waals surface area (Å²) in [5, 5.41) is 11.4. The second kappa shape index (κ2) is 7.14. The van der Waals surface area contributed by atoms with Gasteiger partial charge in [0, 0.05) is 12.6 Å². The number of hydrogen-bond acceptors (Lipinski definition) is 4. The van der Waals surface area contributed by atoms with E-state index >= 15 is 0 Å². The van der Waals surface area contributed by atoms with Crippen LogP contribution in [0.4, 0.5) is 0 Å². The lowest BCUT2D eigenvalue weighted by Crippen LogP contribution is -2.25. The highest BCUT2D eigenvalue weighted by Crippen LogP contribution is 2.09. The van der Waals surface area contributed by atoms with E-state index in [1.165, 1.54) is 6.07 Å². The zero-order chi connectivity index (χ0) is 15.1. The molecule has 1 aromatic heterocycles. The lowest BCUT2D eigenvalue weighted by atomic mass is 10.3. The molecule has 21 heavy (non-hydrogen) atoms. The first-order valence-electron chi connectivity index (χ1n) is 6.44. The number of furan rings is 1. The van der Waals surface area contributed by atoms with Crippen molar-refractivity contribution >= 4 is 11.9 Å². The topological polar surface area (TPSA) is 88.8 Å². The highest BCUT2D eigenvalue weighted by atomic mass is 16.5. The molecule has 0 spiro atoms. The van der Waals surface area contributed by atoms with Gasteiger partial charge in [-0.2, -0.15) is 0 Å². The summed E-state index contributed by atoms with van der Waals surface area (Å²) < 4.78 is 10.4. The van der Waals surface area contributed by atoms with Crippen LogP contribution in [0, 0.1) is 0 Å². The number of rotatable bonds is 7. The normalized spacial score (nSPS) is 10.1. The number of para-hydroxylation sites is 1. The number of hydrogen-bond donors (Lipinski definition) is 2. The molecule has 0 fully saturated rings. The Balaban J connectivity index is 1.68. The van der Waals surface area contributed by atoms with Gasteiger partial charge in [0.25, 0.3) is 5.91 Å². The zero-order valence-electron chi connectivity index (χ0n) is 11.2. The van der Waals surface area contributed by atoms with Crippen LogP contribution in [0.25, 0.3) is 0 Å². The lowest BCUT2D eigenvalue weighted by molar-refractivity contribution is 0.0695. The predicted molar refractivity (Wildman–Crippen MR) is 74.6 cm³/mol. The Bertz CT molecular complexity index is 606. The average Bonchev–Trinajstić information content (AvgIpc) is 2.98. The molecule has 2 N–H and O–H groups in total. The van der Waals surface area contributed by atoms with E-state index in [2.05, 4.69) is 5.32 Å². The molecule has 2 rings (SSSR count). The molecule has 1 amide bonds. The van der Waals surface area contributed by atoms with Crippen LogP contribution in [0.2, 0.25) is 0 Å². The van der Waals surface area contributed by atoms with Crippen LogP contribution in [0.15, 0.2) is 47.1 Å². The van der Waals surface area contributed by atoms with Crippen molar-refractivity contribution in [3.05, 3.63) is 54.0 Å². The summed E-state index contributed by atoms with van der Waals surface area (Å²) in [6.07, 6.45) is 1.67. The summed E-state index contributed by atoms with van der Waals surface area (Å²) in [6, 6.07) is 10.6. The summed E-state index contributed by atoms with van der Waals surface area (Å²) in [5.41, 5.74) is -0.0486. The number of amides is 1. The van der Waals surface area contributed by atoms with E-state index in [-0.39, 0.29) is 11.3 Å². The molecular weight excluding hydrogens is 274 g/mol. The van der Waals surface area contributed by atoms with Crippen molar-refractivity contribution in [1.82, 2.24) is 5.32 Å². The van der Waals surface area contributed by atoms with E-state index in [0.29, 0.717) is 19.6 Å². The fourth-order valence-corrected chi connectivity index (χ4v) is 1.64. The number of carbonyl (C=O) groups is 2. The Morgan fingerprint density at radius 1 is 1.24 bits per heavy atom. The van der Waals surface area contributed by atoms with Gasteiger partial charge < -0.3 is 19.6 Å². The van der Waals surface area contributed by atoms with E-state index in [1.807, 2.05) is 30.3 Å². The highest BCUT2D eigenvalue weighted by molar-refractivity contribution is 5.95. The molecule has 1 heterocycles. The van der Waals surface area contributed by atoms with Gasteiger partial charge in [-0.15, -0.1) is 0 Å². The molecule has 0 unspecified atom stereocenters. The monoisotopic (exact) mass is 289 g/mol. The third kappa shape index (κ3) is 4.38. The molecule has 0 radical (unpaired) electrons. The van der Waals surface area contributed by atoms with Gasteiger partial charge in [-0.05, 0) is 18.6 Å². The molecule has 0 aliphatic heterocycles. The lowest BCUT2D eigenvalue weighted by Gasteiger charge is -2.06. The molecule has 6 heteroatoms. The number of carboxylic acid groups (broad SMARTS) is 1. The number of benzene rings is 1. The first-order chi connectivity index (χ1) is 10.2. The van der Waals surface area contributed by atoms with E-state index in [4.69, 9.17) is 14.3 Å². The number of nitrogens with one attached hydrogen (secondary N) is 1. The summed E-state index contributed by atoms with van der Waals surface area (Å²) in [5.74, 6) is -0.811. The van der Waals surface area contributed by atoms with Crippen molar-refractivity contribution in [3.8, 4) is 5.75 Å². The first-order valence-corrected chi connectivity index (χ1v) is 6.44. The number of aromatic carboxylic acids is 1. The Hall–Kier alpha value is -2.76. The third-order valence-electron chi connectivity index (χ3n) is 2.69. The minimum absolute atomic E-state index is 0.0172. The maximum absolute atomic E-state index is 11.7. The first kappa shape index (κ1) is 14.6. The number of ether oxygens (including phenoxy) is 1. The SMILES string of the molecule is O=C(O)c1coc(C(=O)NCCCOc2ccccc2)c1. The van der Waals surface area contributed by atoms with Gasteiger partial charge in [0.15, 0.2) is 5.76 Å². The van der Waals surface area contributed by atoms with Crippen LogP contribution in [-0.4, -0.2) is 30.1 Å². The number of carboxylic acids is 1. The molecule has 1 aromatic carbocycles. The van der Waals surface area contributed by atoms with Crippen LogP contribution < -0.4 is 10.1 Å². The minimum atomic E-state index is -1.13. The molecule has 0 atom stereocenters. The highest BCUT2D eigenvalue weighted by Gasteiger charge is 2.13. The average molecular weight is 289 g/mol. The van der Waals surface area contributed by atoms with Crippen LogP contribution >= 0.6 is 0 Å². The fourth-order valence-electron chi connectivity index (χ4n) is 1.64. The standard InChI is InChI=1S/C15H15NO5/c17-14(13-9-11(10-21-13)15(18)19)16-7-4-8-20-12-5-2-1-3-6-12/h1-3,5-6,9-10H,4,7-8H2,(H,16,17)(H,18,19). The van der Waals surface area contributed by atoms with Gasteiger partial charge in [0.1, 0.15) is 12.0 Å². The Labute approximate surface area is 121 Å². The van der Waals surface area contributed by atoms with Gasteiger partial charge in [-0.25, -0.2) is 4.79 Å². The van der Waals surface area contributed by atoms with Gasteiger partial charge in [0.2, 0.25) is 0 Å². The smallest absolute Gasteiger partial charge is 0.338 e. The Morgan fingerprint density at radius 3 is 2.67 bits per heavy atom. The van der Waals surface area contributed by atoms with Crippen LogP contribution in [0.5, 0.6) is 5.75 Å². The number of carbonyl (C=O) groups excluding carboxylic acids is 1. The molecule has 110 valence electrons. The van der Waals surface area contributed by atoms with Crippen LogP contribution in [0.3, 0.4) is 0 Å². The maximum Gasteiger partial charge on any atom is 0.338 e. The zero-order valence-corrected chi connectivity index (χ0v) is 11.2. The van der Waals surface area contributed by atoms with Gasteiger partial charge in [0.05, 0.1) is 12.2 Å². The van der Waals surface area contributed by atoms with Crippen molar-refractivity contribution in [2.75, 3.05) is 13.2 Å². The van der Waals surface area contributed by atoms with E-state index < -0.39 is 11.9 Å².